The first kappa shape index (κ1) is 33.1. The summed E-state index contributed by atoms with van der Waals surface area (Å²) in [4.78, 5) is 13.3. The molecule has 1 aromatic heterocycles. The molecule has 2 heterocycles. The third-order valence-electron chi connectivity index (χ3n) is 12.2. The highest BCUT2D eigenvalue weighted by atomic mass is 32.2. The van der Waals surface area contributed by atoms with Crippen molar-refractivity contribution in [1.29, 1.82) is 0 Å². The number of nitrogens with zero attached hydrogens (tertiary/aromatic N) is 2. The summed E-state index contributed by atoms with van der Waals surface area (Å²) in [5.41, 5.74) is 14.6. The van der Waals surface area contributed by atoms with Crippen LogP contribution in [-0.4, -0.2) is 9.97 Å². The van der Waals surface area contributed by atoms with E-state index in [1.165, 1.54) is 64.7 Å². The lowest BCUT2D eigenvalue weighted by atomic mass is 9.67. The van der Waals surface area contributed by atoms with Gasteiger partial charge in [-0.3, -0.25) is 0 Å². The summed E-state index contributed by atoms with van der Waals surface area (Å²) in [6, 6.07) is 75.0. The molecule has 0 saturated carbocycles. The number of fused-ring (bicyclic) bond motifs is 12. The average molecular weight is 755 g/mol. The lowest BCUT2D eigenvalue weighted by molar-refractivity contribution is 0.723. The van der Waals surface area contributed by atoms with Crippen LogP contribution in [0.4, 0.5) is 0 Å². The molecule has 58 heavy (non-hydrogen) atoms. The topological polar surface area (TPSA) is 25.8 Å². The summed E-state index contributed by atoms with van der Waals surface area (Å²) in [5, 5.41) is 4.93. The molecule has 0 bridgehead atoms. The molecule has 0 saturated heterocycles. The van der Waals surface area contributed by atoms with E-state index in [1.807, 2.05) is 11.8 Å². The van der Waals surface area contributed by atoms with Gasteiger partial charge in [0.25, 0.3) is 0 Å². The number of benzene rings is 9. The van der Waals surface area contributed by atoms with Gasteiger partial charge in [0, 0.05) is 26.5 Å². The molecule has 1 spiro atoms. The van der Waals surface area contributed by atoms with Crippen LogP contribution in [0.1, 0.15) is 22.3 Å². The van der Waals surface area contributed by atoms with Gasteiger partial charge >= 0.3 is 0 Å². The van der Waals surface area contributed by atoms with Crippen LogP contribution in [0.25, 0.3) is 77.7 Å². The monoisotopic (exact) mass is 754 g/mol. The van der Waals surface area contributed by atoms with E-state index in [0.717, 1.165) is 39.2 Å². The summed E-state index contributed by atoms with van der Waals surface area (Å²) in [7, 11) is 0. The van der Waals surface area contributed by atoms with Gasteiger partial charge in [-0.25, -0.2) is 9.97 Å². The first-order valence-corrected chi connectivity index (χ1v) is 20.6. The van der Waals surface area contributed by atoms with Crippen LogP contribution in [-0.2, 0) is 5.41 Å². The van der Waals surface area contributed by atoms with E-state index >= 15 is 0 Å². The van der Waals surface area contributed by atoms with Gasteiger partial charge in [0.1, 0.15) is 0 Å². The van der Waals surface area contributed by atoms with Crippen LogP contribution in [0.15, 0.2) is 216 Å². The molecule has 2 aliphatic rings. The van der Waals surface area contributed by atoms with Gasteiger partial charge in [-0.15, -0.1) is 0 Å². The maximum absolute atomic E-state index is 5.39. The zero-order chi connectivity index (χ0) is 38.2. The van der Waals surface area contributed by atoms with Gasteiger partial charge in [0.05, 0.1) is 16.8 Å². The third kappa shape index (κ3) is 4.93. The second-order valence-corrected chi connectivity index (χ2v) is 16.3. The Hall–Kier alpha value is -7.07. The van der Waals surface area contributed by atoms with Gasteiger partial charge in [-0.2, -0.15) is 0 Å². The van der Waals surface area contributed by atoms with Crippen molar-refractivity contribution in [2.45, 2.75) is 15.2 Å². The Balaban J connectivity index is 1.06. The van der Waals surface area contributed by atoms with Gasteiger partial charge in [0.2, 0.25) is 0 Å². The smallest absolute Gasteiger partial charge is 0.161 e. The minimum atomic E-state index is -0.451. The number of hydrogen-bond acceptors (Lipinski definition) is 3. The zero-order valence-electron chi connectivity index (χ0n) is 31.4. The van der Waals surface area contributed by atoms with E-state index < -0.39 is 5.41 Å². The molecule has 0 N–H and O–H groups in total. The summed E-state index contributed by atoms with van der Waals surface area (Å²) >= 11 is 1.87. The van der Waals surface area contributed by atoms with Crippen LogP contribution in [0.2, 0.25) is 0 Å². The Kier molecular flexibility index (Phi) is 7.41. The van der Waals surface area contributed by atoms with E-state index in [-0.39, 0.29) is 0 Å². The number of aromatic nitrogens is 2. The van der Waals surface area contributed by atoms with Crippen LogP contribution in [0.5, 0.6) is 0 Å². The molecular formula is C55H34N2S. The van der Waals surface area contributed by atoms with Crippen molar-refractivity contribution in [3.63, 3.8) is 0 Å². The van der Waals surface area contributed by atoms with Crippen molar-refractivity contribution in [3.05, 3.63) is 229 Å². The standard InChI is InChI=1S/C55H34N2S/c1-2-15-36(16-3-1)50-34-51(39-28-30-42-37(32-39)27-26-35-14-4-5-17-40(35)42)57-54(56-50)45-21-7-6-18-41(45)38-29-31-53-49(33-38)55(48-24-12-13-25-52(48)58-53)46-22-10-8-19-43(46)44-20-9-11-23-47(44)55/h1-34H. The minimum absolute atomic E-state index is 0.451. The molecule has 10 aromatic rings. The molecule has 1 aliphatic carbocycles. The first-order chi connectivity index (χ1) is 28.7. The Bertz CT molecular complexity index is 3230. The fourth-order valence-electron chi connectivity index (χ4n) is 9.60. The molecule has 0 fully saturated rings. The Labute approximate surface area is 341 Å². The highest BCUT2D eigenvalue weighted by Crippen LogP contribution is 2.62. The second kappa shape index (κ2) is 13.0. The lowest BCUT2D eigenvalue weighted by Crippen LogP contribution is -2.32. The predicted molar refractivity (Wildman–Crippen MR) is 240 cm³/mol. The maximum atomic E-state index is 5.39. The molecule has 12 rings (SSSR count). The number of hydrogen-bond donors (Lipinski definition) is 0. The minimum Gasteiger partial charge on any atom is -0.228 e. The van der Waals surface area contributed by atoms with Crippen LogP contribution < -0.4 is 0 Å². The van der Waals surface area contributed by atoms with E-state index in [1.54, 1.807) is 0 Å². The molecule has 9 aromatic carbocycles. The summed E-state index contributed by atoms with van der Waals surface area (Å²) in [6.45, 7) is 0. The lowest BCUT2D eigenvalue weighted by Gasteiger charge is -2.40. The number of rotatable bonds is 4. The van der Waals surface area contributed by atoms with E-state index in [2.05, 4.69) is 206 Å². The average Bonchev–Trinajstić information content (AvgIpc) is 3.59. The Morgan fingerprint density at radius 1 is 0.328 bits per heavy atom. The molecule has 270 valence electrons. The van der Waals surface area contributed by atoms with Crippen molar-refractivity contribution in [2.24, 2.45) is 0 Å². The normalized spacial score (nSPS) is 13.2. The van der Waals surface area contributed by atoms with Gasteiger partial charge in [-0.1, -0.05) is 188 Å². The fraction of sp³-hybridized carbons (Fsp3) is 0.0182. The first-order valence-electron chi connectivity index (χ1n) is 19.8. The summed E-state index contributed by atoms with van der Waals surface area (Å²) in [5.74, 6) is 0.703. The van der Waals surface area contributed by atoms with E-state index in [0.29, 0.717) is 5.82 Å². The van der Waals surface area contributed by atoms with Crippen LogP contribution in [0, 0.1) is 0 Å². The fourth-order valence-corrected chi connectivity index (χ4v) is 10.8. The van der Waals surface area contributed by atoms with E-state index in [9.17, 15) is 0 Å². The van der Waals surface area contributed by atoms with Crippen molar-refractivity contribution in [2.75, 3.05) is 0 Å². The molecule has 0 atom stereocenters. The molecule has 3 heteroatoms. The summed E-state index contributed by atoms with van der Waals surface area (Å²) < 4.78 is 0. The van der Waals surface area contributed by atoms with Gasteiger partial charge in [-0.05, 0) is 96.4 Å². The van der Waals surface area contributed by atoms with Gasteiger partial charge in [0.15, 0.2) is 5.82 Å². The molecule has 0 unspecified atom stereocenters. The quantitative estimate of drug-likeness (QED) is 0.167. The third-order valence-corrected chi connectivity index (χ3v) is 13.3. The largest absolute Gasteiger partial charge is 0.228 e. The Morgan fingerprint density at radius 3 is 1.69 bits per heavy atom. The molecule has 2 nitrogen and oxygen atoms in total. The zero-order valence-corrected chi connectivity index (χ0v) is 32.2. The van der Waals surface area contributed by atoms with Crippen molar-refractivity contribution < 1.29 is 0 Å². The highest BCUT2D eigenvalue weighted by molar-refractivity contribution is 7.99. The van der Waals surface area contributed by atoms with Gasteiger partial charge < -0.3 is 0 Å². The molecule has 0 amide bonds. The SMILES string of the molecule is c1ccc(-c2cc(-c3ccc4c(ccc5ccccc54)c3)nc(-c3ccccc3-c3ccc4c(c3)C3(c5ccccc5S4)c4ccccc4-c4ccccc43)n2)cc1. The van der Waals surface area contributed by atoms with Crippen molar-refractivity contribution in [3.8, 4) is 56.2 Å². The van der Waals surface area contributed by atoms with Crippen LogP contribution >= 0.6 is 11.8 Å². The summed E-state index contributed by atoms with van der Waals surface area (Å²) in [6.07, 6.45) is 0. The Morgan fingerprint density at radius 2 is 0.897 bits per heavy atom. The molecule has 1 aliphatic heterocycles. The van der Waals surface area contributed by atoms with Crippen LogP contribution in [0.3, 0.4) is 0 Å². The van der Waals surface area contributed by atoms with E-state index in [4.69, 9.17) is 9.97 Å². The second-order valence-electron chi connectivity index (χ2n) is 15.2. The predicted octanol–water partition coefficient (Wildman–Crippen LogP) is 14.3. The van der Waals surface area contributed by atoms with Crippen molar-refractivity contribution >= 4 is 33.3 Å². The molecular weight excluding hydrogens is 721 g/mol. The maximum Gasteiger partial charge on any atom is 0.161 e. The highest BCUT2D eigenvalue weighted by Gasteiger charge is 2.50. The molecule has 0 radical (unpaired) electrons. The van der Waals surface area contributed by atoms with Crippen molar-refractivity contribution in [1.82, 2.24) is 9.97 Å².